The number of nitrogens with zero attached hydrogens (tertiary/aromatic N) is 1. The highest BCUT2D eigenvalue weighted by molar-refractivity contribution is 5.68. The lowest BCUT2D eigenvalue weighted by molar-refractivity contribution is -0.384. The summed E-state index contributed by atoms with van der Waals surface area (Å²) in [6.07, 6.45) is 5.49. The molecule has 0 atom stereocenters. The van der Waals surface area contributed by atoms with E-state index in [0.717, 1.165) is 0 Å². The van der Waals surface area contributed by atoms with Crippen molar-refractivity contribution in [1.29, 1.82) is 0 Å². The van der Waals surface area contributed by atoms with E-state index in [9.17, 15) is 10.1 Å². The van der Waals surface area contributed by atoms with Crippen LogP contribution in [0, 0.1) is 22.5 Å². The maximum absolute atomic E-state index is 10.9. The van der Waals surface area contributed by atoms with Gasteiger partial charge >= 0.3 is 5.69 Å². The molecule has 0 aromatic heterocycles. The van der Waals surface area contributed by atoms with Gasteiger partial charge in [-0.05, 0) is 12.1 Å². The smallest absolute Gasteiger partial charge is 0.333 e. The number of para-hydroxylation sites is 1. The molecular formula is C11H12N2O3. The van der Waals surface area contributed by atoms with Crippen LogP contribution in [-0.2, 0) is 0 Å². The van der Waals surface area contributed by atoms with Crippen molar-refractivity contribution in [3.63, 3.8) is 0 Å². The second-order valence-corrected chi connectivity index (χ2v) is 2.96. The molecule has 1 N–H and O–H groups in total. The van der Waals surface area contributed by atoms with Crippen LogP contribution in [-0.4, -0.2) is 18.6 Å². The van der Waals surface area contributed by atoms with E-state index in [1.165, 1.54) is 0 Å². The van der Waals surface area contributed by atoms with Gasteiger partial charge in [-0.25, -0.2) is 0 Å². The highest BCUT2D eigenvalue weighted by atomic mass is 16.6. The van der Waals surface area contributed by atoms with Crippen LogP contribution < -0.4 is 10.1 Å². The molecule has 0 heterocycles. The van der Waals surface area contributed by atoms with E-state index in [1.807, 2.05) is 0 Å². The van der Waals surface area contributed by atoms with Crippen LogP contribution >= 0.6 is 0 Å². The van der Waals surface area contributed by atoms with Crippen molar-refractivity contribution in [2.45, 2.75) is 6.42 Å². The van der Waals surface area contributed by atoms with Gasteiger partial charge in [-0.3, -0.25) is 10.1 Å². The molecule has 1 rings (SSSR count). The number of ether oxygens (including phenoxy) is 1. The van der Waals surface area contributed by atoms with Crippen LogP contribution in [0.3, 0.4) is 0 Å². The van der Waals surface area contributed by atoms with Crippen LogP contribution in [0.1, 0.15) is 6.42 Å². The van der Waals surface area contributed by atoms with Crippen molar-refractivity contribution < 1.29 is 9.66 Å². The molecular weight excluding hydrogens is 208 g/mol. The Labute approximate surface area is 93.6 Å². The third-order valence-electron chi connectivity index (χ3n) is 1.95. The first kappa shape index (κ1) is 11.9. The number of rotatable bonds is 5. The van der Waals surface area contributed by atoms with Crippen molar-refractivity contribution in [2.75, 3.05) is 19.0 Å². The third-order valence-corrected chi connectivity index (χ3v) is 1.95. The Morgan fingerprint density at radius 3 is 2.94 bits per heavy atom. The number of hydrogen-bond donors (Lipinski definition) is 1. The van der Waals surface area contributed by atoms with Gasteiger partial charge < -0.3 is 10.1 Å². The molecule has 1 aromatic carbocycles. The van der Waals surface area contributed by atoms with E-state index < -0.39 is 4.92 Å². The molecule has 0 spiro atoms. The zero-order valence-corrected chi connectivity index (χ0v) is 8.90. The molecule has 1 aromatic rings. The standard InChI is InChI=1S/C11H12N2O3/c1-3-4-8-16-10-7-5-6-9(12-2)11(10)13(14)15/h1,5-7,12H,4,8H2,2H3. The normalized spacial score (nSPS) is 9.25. The third kappa shape index (κ3) is 2.64. The summed E-state index contributed by atoms with van der Waals surface area (Å²) >= 11 is 0. The molecule has 0 unspecified atom stereocenters. The zero-order chi connectivity index (χ0) is 12.0. The van der Waals surface area contributed by atoms with Crippen LogP contribution in [0.2, 0.25) is 0 Å². The molecule has 0 amide bonds. The molecule has 0 radical (unpaired) electrons. The number of anilines is 1. The quantitative estimate of drug-likeness (QED) is 0.357. The van der Waals surface area contributed by atoms with Gasteiger partial charge in [0.05, 0.1) is 11.5 Å². The molecule has 0 saturated carbocycles. The average molecular weight is 220 g/mol. The number of benzene rings is 1. The summed E-state index contributed by atoms with van der Waals surface area (Å²) in [5.74, 6) is 2.63. The predicted molar refractivity (Wildman–Crippen MR) is 61.6 cm³/mol. The Balaban J connectivity index is 2.99. The van der Waals surface area contributed by atoms with Crippen molar-refractivity contribution in [2.24, 2.45) is 0 Å². The first-order valence-corrected chi connectivity index (χ1v) is 4.72. The number of terminal acetylenes is 1. The van der Waals surface area contributed by atoms with Crippen LogP contribution in [0.5, 0.6) is 5.75 Å². The molecule has 0 fully saturated rings. The Bertz CT molecular complexity index is 424. The number of nitro benzene ring substituents is 1. The van der Waals surface area contributed by atoms with Gasteiger partial charge in [0.2, 0.25) is 0 Å². The van der Waals surface area contributed by atoms with Gasteiger partial charge in [-0.2, -0.15) is 0 Å². The fraction of sp³-hybridized carbons (Fsp3) is 0.273. The summed E-state index contributed by atoms with van der Waals surface area (Å²) in [6, 6.07) is 4.85. The van der Waals surface area contributed by atoms with E-state index in [-0.39, 0.29) is 18.0 Å². The minimum Gasteiger partial charge on any atom is -0.486 e. The van der Waals surface area contributed by atoms with Gasteiger partial charge in [0.1, 0.15) is 5.69 Å². The van der Waals surface area contributed by atoms with Gasteiger partial charge in [0, 0.05) is 13.5 Å². The second kappa shape index (κ2) is 5.61. The average Bonchev–Trinajstić information content (AvgIpc) is 2.28. The molecule has 0 aliphatic carbocycles. The highest BCUT2D eigenvalue weighted by Crippen LogP contribution is 2.34. The van der Waals surface area contributed by atoms with E-state index in [2.05, 4.69) is 11.2 Å². The molecule has 5 heteroatoms. The first-order valence-electron chi connectivity index (χ1n) is 4.72. The minimum absolute atomic E-state index is 0.0676. The lowest BCUT2D eigenvalue weighted by Crippen LogP contribution is -2.02. The maximum Gasteiger partial charge on any atom is 0.333 e. The fourth-order valence-corrected chi connectivity index (χ4v) is 1.25. The molecule has 5 nitrogen and oxygen atoms in total. The van der Waals surface area contributed by atoms with Gasteiger partial charge in [-0.1, -0.05) is 6.07 Å². The molecule has 0 bridgehead atoms. The number of hydrogen-bond acceptors (Lipinski definition) is 4. The zero-order valence-electron chi connectivity index (χ0n) is 8.90. The summed E-state index contributed by atoms with van der Waals surface area (Å²) in [5.41, 5.74) is 0.352. The van der Waals surface area contributed by atoms with E-state index in [1.54, 1.807) is 25.2 Å². The molecule has 0 aliphatic heterocycles. The SMILES string of the molecule is C#CCCOc1cccc(NC)c1[N+](=O)[O-]. The Morgan fingerprint density at radius 2 is 2.38 bits per heavy atom. The molecule has 0 saturated heterocycles. The maximum atomic E-state index is 10.9. The van der Waals surface area contributed by atoms with E-state index >= 15 is 0 Å². The molecule has 16 heavy (non-hydrogen) atoms. The van der Waals surface area contributed by atoms with Crippen LogP contribution in [0.15, 0.2) is 18.2 Å². The van der Waals surface area contributed by atoms with Gasteiger partial charge in [0.15, 0.2) is 5.75 Å². The van der Waals surface area contributed by atoms with Crippen molar-refractivity contribution in [3.05, 3.63) is 28.3 Å². The van der Waals surface area contributed by atoms with Gasteiger partial charge in [0.25, 0.3) is 0 Å². The summed E-state index contributed by atoms with van der Waals surface area (Å²) in [6.45, 7) is 0.268. The Morgan fingerprint density at radius 1 is 1.62 bits per heavy atom. The topological polar surface area (TPSA) is 64.4 Å². The monoisotopic (exact) mass is 220 g/mol. The number of nitro groups is 1. The summed E-state index contributed by atoms with van der Waals surface area (Å²) in [4.78, 5) is 10.4. The second-order valence-electron chi connectivity index (χ2n) is 2.96. The first-order chi connectivity index (χ1) is 7.70. The van der Waals surface area contributed by atoms with Crippen molar-refractivity contribution in [1.82, 2.24) is 0 Å². The lowest BCUT2D eigenvalue weighted by Gasteiger charge is -2.08. The fourth-order valence-electron chi connectivity index (χ4n) is 1.25. The Kier molecular flexibility index (Phi) is 4.16. The van der Waals surface area contributed by atoms with E-state index in [0.29, 0.717) is 12.1 Å². The summed E-state index contributed by atoms with van der Waals surface area (Å²) in [7, 11) is 1.62. The largest absolute Gasteiger partial charge is 0.486 e. The lowest BCUT2D eigenvalue weighted by atomic mass is 10.2. The van der Waals surface area contributed by atoms with Gasteiger partial charge in [-0.15, -0.1) is 12.3 Å². The summed E-state index contributed by atoms with van der Waals surface area (Å²) < 4.78 is 5.26. The van der Waals surface area contributed by atoms with Crippen molar-refractivity contribution in [3.8, 4) is 18.1 Å². The van der Waals surface area contributed by atoms with E-state index in [4.69, 9.17) is 11.2 Å². The minimum atomic E-state index is -0.475. The predicted octanol–water partition coefficient (Wildman–Crippen LogP) is 2.04. The highest BCUT2D eigenvalue weighted by Gasteiger charge is 2.19. The van der Waals surface area contributed by atoms with Crippen LogP contribution in [0.25, 0.3) is 0 Å². The molecule has 0 aliphatic rings. The van der Waals surface area contributed by atoms with Crippen LogP contribution in [0.4, 0.5) is 11.4 Å². The summed E-state index contributed by atoms with van der Waals surface area (Å²) in [5, 5.41) is 13.6. The van der Waals surface area contributed by atoms with Crippen molar-refractivity contribution >= 4 is 11.4 Å². The number of nitrogens with one attached hydrogen (secondary N) is 1. The molecule has 84 valence electrons. The Hall–Kier alpha value is -2.22.